The lowest BCUT2D eigenvalue weighted by Gasteiger charge is -2.29. The van der Waals surface area contributed by atoms with Crippen LogP contribution in [0, 0.1) is 5.82 Å². The Hall–Kier alpha value is -2.40. The topological polar surface area (TPSA) is 44.4 Å². The van der Waals surface area contributed by atoms with Crippen LogP contribution in [0.4, 0.5) is 15.8 Å². The molecule has 114 valence electrons. The van der Waals surface area contributed by atoms with Gasteiger partial charge in [0.25, 0.3) is 5.91 Å². The molecule has 0 atom stereocenters. The van der Waals surface area contributed by atoms with Crippen molar-refractivity contribution in [1.29, 1.82) is 0 Å². The van der Waals surface area contributed by atoms with Crippen molar-refractivity contribution in [2.24, 2.45) is 0 Å². The Morgan fingerprint density at radius 1 is 1.09 bits per heavy atom. The normalized spacial score (nSPS) is 14.7. The average molecular weight is 299 g/mol. The van der Waals surface area contributed by atoms with E-state index in [0.717, 1.165) is 31.9 Å². The van der Waals surface area contributed by atoms with Crippen molar-refractivity contribution in [2.75, 3.05) is 36.4 Å². The van der Waals surface area contributed by atoms with Gasteiger partial charge in [-0.1, -0.05) is 6.07 Å². The first kappa shape index (κ1) is 14.5. The Morgan fingerprint density at radius 2 is 1.82 bits per heavy atom. The lowest BCUT2D eigenvalue weighted by Crippen LogP contribution is -2.43. The zero-order valence-corrected chi connectivity index (χ0v) is 12.2. The van der Waals surface area contributed by atoms with E-state index in [-0.39, 0.29) is 11.7 Å². The maximum absolute atomic E-state index is 12.9. The first-order chi connectivity index (χ1) is 10.7. The van der Waals surface area contributed by atoms with Crippen LogP contribution in [-0.4, -0.2) is 32.1 Å². The second-order valence-corrected chi connectivity index (χ2v) is 5.25. The lowest BCUT2D eigenvalue weighted by atomic mass is 10.1. The molecule has 1 aliphatic heterocycles. The summed E-state index contributed by atoms with van der Waals surface area (Å²) in [4.78, 5) is 14.6. The van der Waals surface area contributed by atoms with Crippen molar-refractivity contribution >= 4 is 17.3 Å². The van der Waals surface area contributed by atoms with Crippen molar-refractivity contribution in [1.82, 2.24) is 5.32 Å². The van der Waals surface area contributed by atoms with Crippen LogP contribution in [0.1, 0.15) is 10.4 Å². The van der Waals surface area contributed by atoms with Gasteiger partial charge in [-0.25, -0.2) is 4.39 Å². The predicted octanol–water partition coefficient (Wildman–Crippen LogP) is 2.49. The van der Waals surface area contributed by atoms with E-state index in [1.54, 1.807) is 18.2 Å². The molecule has 0 saturated carbocycles. The highest BCUT2D eigenvalue weighted by atomic mass is 19.1. The second kappa shape index (κ2) is 6.58. The number of carbonyl (C=O) groups is 1. The predicted molar refractivity (Wildman–Crippen MR) is 85.9 cm³/mol. The van der Waals surface area contributed by atoms with E-state index in [1.165, 1.54) is 12.1 Å². The number of anilines is 2. The molecule has 2 aromatic rings. The van der Waals surface area contributed by atoms with Gasteiger partial charge in [-0.2, -0.15) is 0 Å². The van der Waals surface area contributed by atoms with Crippen LogP contribution in [0.15, 0.2) is 48.5 Å². The van der Waals surface area contributed by atoms with Crippen molar-refractivity contribution in [3.8, 4) is 0 Å². The summed E-state index contributed by atoms with van der Waals surface area (Å²) in [6.45, 7) is 3.77. The molecular formula is C17H18FN3O. The first-order valence-electron chi connectivity index (χ1n) is 7.35. The Bertz CT molecular complexity index is 651. The van der Waals surface area contributed by atoms with Crippen LogP contribution < -0.4 is 15.5 Å². The van der Waals surface area contributed by atoms with E-state index >= 15 is 0 Å². The lowest BCUT2D eigenvalue weighted by molar-refractivity contribution is 0.102. The molecule has 0 aromatic heterocycles. The number of halogens is 1. The molecule has 2 N–H and O–H groups in total. The van der Waals surface area contributed by atoms with Crippen LogP contribution in [0.3, 0.4) is 0 Å². The maximum atomic E-state index is 12.9. The Balaban J connectivity index is 1.73. The van der Waals surface area contributed by atoms with Gasteiger partial charge in [-0.3, -0.25) is 4.79 Å². The minimum Gasteiger partial charge on any atom is -0.369 e. The fraction of sp³-hybridized carbons (Fsp3) is 0.235. The molecule has 0 aliphatic carbocycles. The third-order valence-corrected chi connectivity index (χ3v) is 3.69. The summed E-state index contributed by atoms with van der Waals surface area (Å²) in [6, 6.07) is 13.3. The zero-order valence-electron chi connectivity index (χ0n) is 12.2. The molecule has 0 spiro atoms. The van der Waals surface area contributed by atoms with Gasteiger partial charge in [-0.05, 0) is 42.5 Å². The van der Waals surface area contributed by atoms with Gasteiger partial charge < -0.3 is 15.5 Å². The molecule has 22 heavy (non-hydrogen) atoms. The van der Waals surface area contributed by atoms with E-state index in [0.29, 0.717) is 11.3 Å². The molecule has 1 fully saturated rings. The second-order valence-electron chi connectivity index (χ2n) is 5.25. The number of hydrogen-bond acceptors (Lipinski definition) is 3. The van der Waals surface area contributed by atoms with Gasteiger partial charge in [0.15, 0.2) is 0 Å². The standard InChI is InChI=1S/C17H18FN3O/c18-14-4-6-15(7-5-14)20-17(22)13-2-1-3-16(12-13)21-10-8-19-9-11-21/h1-7,12,19H,8-11H2,(H,20,22). The van der Waals surface area contributed by atoms with E-state index in [1.807, 2.05) is 18.2 Å². The van der Waals surface area contributed by atoms with Gasteiger partial charge >= 0.3 is 0 Å². The van der Waals surface area contributed by atoms with Gasteiger partial charge in [0, 0.05) is 43.1 Å². The molecule has 0 unspecified atom stereocenters. The minimum absolute atomic E-state index is 0.191. The van der Waals surface area contributed by atoms with E-state index in [4.69, 9.17) is 0 Å². The van der Waals surface area contributed by atoms with Gasteiger partial charge in [0.05, 0.1) is 0 Å². The van der Waals surface area contributed by atoms with E-state index < -0.39 is 0 Å². The van der Waals surface area contributed by atoms with Gasteiger partial charge in [0.1, 0.15) is 5.82 Å². The molecule has 1 saturated heterocycles. The molecule has 4 nitrogen and oxygen atoms in total. The number of nitrogens with zero attached hydrogens (tertiary/aromatic N) is 1. The van der Waals surface area contributed by atoms with Crippen LogP contribution in [0.2, 0.25) is 0 Å². The minimum atomic E-state index is -0.321. The summed E-state index contributed by atoms with van der Waals surface area (Å²) in [7, 11) is 0. The molecule has 1 aliphatic rings. The number of rotatable bonds is 3. The van der Waals surface area contributed by atoms with Crippen molar-refractivity contribution < 1.29 is 9.18 Å². The highest BCUT2D eigenvalue weighted by Gasteiger charge is 2.13. The molecule has 2 aromatic carbocycles. The number of nitrogens with one attached hydrogen (secondary N) is 2. The van der Waals surface area contributed by atoms with E-state index in [2.05, 4.69) is 15.5 Å². The summed E-state index contributed by atoms with van der Waals surface area (Å²) in [5, 5.41) is 6.09. The third-order valence-electron chi connectivity index (χ3n) is 3.69. The van der Waals surface area contributed by atoms with Crippen LogP contribution in [-0.2, 0) is 0 Å². The monoisotopic (exact) mass is 299 g/mol. The fourth-order valence-corrected chi connectivity index (χ4v) is 2.50. The average Bonchev–Trinajstić information content (AvgIpc) is 2.58. The zero-order chi connectivity index (χ0) is 15.4. The number of benzene rings is 2. The van der Waals surface area contributed by atoms with Crippen molar-refractivity contribution in [3.05, 3.63) is 59.9 Å². The summed E-state index contributed by atoms with van der Waals surface area (Å²) in [5.74, 6) is -0.512. The van der Waals surface area contributed by atoms with Crippen LogP contribution in [0.5, 0.6) is 0 Å². The maximum Gasteiger partial charge on any atom is 0.255 e. The van der Waals surface area contributed by atoms with Crippen molar-refractivity contribution in [2.45, 2.75) is 0 Å². The Morgan fingerprint density at radius 3 is 2.55 bits per heavy atom. The Labute approximate surface area is 128 Å². The molecule has 0 bridgehead atoms. The van der Waals surface area contributed by atoms with Crippen molar-refractivity contribution in [3.63, 3.8) is 0 Å². The van der Waals surface area contributed by atoms with E-state index in [9.17, 15) is 9.18 Å². The Kier molecular flexibility index (Phi) is 4.34. The van der Waals surface area contributed by atoms with Crippen LogP contribution >= 0.6 is 0 Å². The molecule has 3 rings (SSSR count). The molecule has 5 heteroatoms. The van der Waals surface area contributed by atoms with Crippen LogP contribution in [0.25, 0.3) is 0 Å². The quantitative estimate of drug-likeness (QED) is 0.915. The number of piperazine rings is 1. The summed E-state index contributed by atoms with van der Waals surface area (Å²) in [5.41, 5.74) is 2.23. The third kappa shape index (κ3) is 3.43. The SMILES string of the molecule is O=C(Nc1ccc(F)cc1)c1cccc(N2CCNCC2)c1. The highest BCUT2D eigenvalue weighted by molar-refractivity contribution is 6.04. The summed E-state index contributed by atoms with van der Waals surface area (Å²) >= 11 is 0. The number of carbonyl (C=O) groups excluding carboxylic acids is 1. The summed E-state index contributed by atoms with van der Waals surface area (Å²) < 4.78 is 12.9. The molecule has 1 amide bonds. The van der Waals surface area contributed by atoms with Gasteiger partial charge in [-0.15, -0.1) is 0 Å². The molecule has 0 radical (unpaired) electrons. The molecular weight excluding hydrogens is 281 g/mol. The number of amides is 1. The largest absolute Gasteiger partial charge is 0.369 e. The van der Waals surface area contributed by atoms with Gasteiger partial charge in [0.2, 0.25) is 0 Å². The summed E-state index contributed by atoms with van der Waals surface area (Å²) in [6.07, 6.45) is 0. The molecule has 1 heterocycles. The smallest absolute Gasteiger partial charge is 0.255 e. The number of hydrogen-bond donors (Lipinski definition) is 2. The highest BCUT2D eigenvalue weighted by Crippen LogP contribution is 2.18. The fourth-order valence-electron chi connectivity index (χ4n) is 2.50. The first-order valence-corrected chi connectivity index (χ1v) is 7.35.